The Morgan fingerprint density at radius 1 is 1.22 bits per heavy atom. The number of amidine groups is 1. The molecule has 1 saturated heterocycles. The van der Waals surface area contributed by atoms with Crippen LogP contribution in [-0.2, 0) is 20.2 Å². The second kappa shape index (κ2) is 9.63. The van der Waals surface area contributed by atoms with Crippen LogP contribution in [0, 0.1) is 11.2 Å². The van der Waals surface area contributed by atoms with Crippen molar-refractivity contribution in [2.45, 2.75) is 65.0 Å². The van der Waals surface area contributed by atoms with Crippen LogP contribution in [0.4, 0.5) is 4.39 Å². The summed E-state index contributed by atoms with van der Waals surface area (Å²) >= 11 is 0. The monoisotopic (exact) mass is 496 g/mol. The number of hydrogen-bond acceptors (Lipinski definition) is 6. The molecule has 0 spiro atoms. The van der Waals surface area contributed by atoms with Gasteiger partial charge in [-0.2, -0.15) is 0 Å². The lowest BCUT2D eigenvalue weighted by Crippen LogP contribution is -2.57. The number of aliphatic imine (C=N–C) groups is 1. The summed E-state index contributed by atoms with van der Waals surface area (Å²) in [5.41, 5.74) is 3.24. The highest BCUT2D eigenvalue weighted by atomic mass is 19.1. The largest absolute Gasteiger partial charge is 0.391 e. The highest BCUT2D eigenvalue weighted by Gasteiger charge is 2.46. The molecule has 2 aliphatic rings. The average Bonchev–Trinajstić information content (AvgIpc) is 3.40. The van der Waals surface area contributed by atoms with Crippen LogP contribution in [-0.4, -0.2) is 52.4 Å². The molecule has 2 amide bonds. The molecule has 8 nitrogen and oxygen atoms in total. The molecule has 2 aliphatic heterocycles. The summed E-state index contributed by atoms with van der Waals surface area (Å²) in [4.78, 5) is 37.5. The molecule has 0 bridgehead atoms. The summed E-state index contributed by atoms with van der Waals surface area (Å²) in [6.07, 6.45) is -0.437. The molecule has 2 aromatic carbocycles. The second-order valence-corrected chi connectivity index (χ2v) is 10.6. The highest BCUT2D eigenvalue weighted by molar-refractivity contribution is 5.95. The third kappa shape index (κ3) is 5.12. The summed E-state index contributed by atoms with van der Waals surface area (Å²) in [5, 5.41) is 13.2. The standard InChI is InChI=1S/C27H33FN4O4/c1-16(33)29-23(26(2,3)4)25(35)32-15-19(34)14-22(32)24-30-27(5,36-31-24)18-12-10-17(11-13-18)20-8-6-7-9-21(20)28/h6-13,19,22-23,34H,14-15H2,1-5H3,(H,29,33)(H,30,31)/t19-,22+,23-,27?/m1/s1. The minimum absolute atomic E-state index is 0.129. The number of nitrogens with zero attached hydrogens (tertiary/aromatic N) is 2. The lowest BCUT2D eigenvalue weighted by Gasteiger charge is -2.35. The fraction of sp³-hybridized carbons (Fsp3) is 0.444. The Morgan fingerprint density at radius 2 is 1.89 bits per heavy atom. The number of β-amino-alcohol motifs (C(OH)–C–C–N with tert-alkyl or cyclic N) is 1. The lowest BCUT2D eigenvalue weighted by atomic mass is 9.85. The first-order valence-electron chi connectivity index (χ1n) is 12.0. The van der Waals surface area contributed by atoms with Gasteiger partial charge >= 0.3 is 0 Å². The van der Waals surface area contributed by atoms with E-state index >= 15 is 0 Å². The van der Waals surface area contributed by atoms with Crippen LogP contribution >= 0.6 is 0 Å². The maximum absolute atomic E-state index is 14.2. The smallest absolute Gasteiger partial charge is 0.246 e. The number of hydrogen-bond donors (Lipinski definition) is 3. The summed E-state index contributed by atoms with van der Waals surface area (Å²) in [6.45, 7) is 8.93. The van der Waals surface area contributed by atoms with Crippen molar-refractivity contribution in [3.8, 4) is 11.1 Å². The van der Waals surface area contributed by atoms with Gasteiger partial charge in [0, 0.05) is 31.0 Å². The molecule has 1 fully saturated rings. The van der Waals surface area contributed by atoms with Crippen LogP contribution in [0.15, 0.2) is 53.5 Å². The molecule has 2 aromatic rings. The summed E-state index contributed by atoms with van der Waals surface area (Å²) in [5.74, 6) is -0.457. The third-order valence-corrected chi connectivity index (χ3v) is 6.63. The molecule has 2 heterocycles. The molecule has 0 radical (unpaired) electrons. The number of amides is 2. The van der Waals surface area contributed by atoms with Crippen molar-refractivity contribution in [2.24, 2.45) is 10.4 Å². The number of hydroxylamine groups is 1. The van der Waals surface area contributed by atoms with E-state index in [-0.39, 0.29) is 24.2 Å². The van der Waals surface area contributed by atoms with E-state index in [1.54, 1.807) is 30.0 Å². The number of likely N-dealkylation sites (tertiary alicyclic amines) is 1. The summed E-state index contributed by atoms with van der Waals surface area (Å²) in [7, 11) is 0. The number of benzene rings is 2. The fourth-order valence-corrected chi connectivity index (χ4v) is 4.68. The maximum atomic E-state index is 14.2. The van der Waals surface area contributed by atoms with Gasteiger partial charge in [-0.3, -0.25) is 9.59 Å². The normalized spacial score (nSPS) is 24.8. The van der Waals surface area contributed by atoms with Crippen LogP contribution in [0.25, 0.3) is 11.1 Å². The van der Waals surface area contributed by atoms with Crippen molar-refractivity contribution in [3.05, 3.63) is 59.9 Å². The molecule has 1 unspecified atom stereocenters. The van der Waals surface area contributed by atoms with E-state index in [1.165, 1.54) is 13.0 Å². The summed E-state index contributed by atoms with van der Waals surface area (Å²) in [6, 6.07) is 12.6. The predicted molar refractivity (Wildman–Crippen MR) is 134 cm³/mol. The van der Waals surface area contributed by atoms with E-state index in [0.29, 0.717) is 17.8 Å². The van der Waals surface area contributed by atoms with Crippen molar-refractivity contribution >= 4 is 17.6 Å². The van der Waals surface area contributed by atoms with Crippen LogP contribution in [0.2, 0.25) is 0 Å². The van der Waals surface area contributed by atoms with Crippen molar-refractivity contribution in [2.75, 3.05) is 6.54 Å². The van der Waals surface area contributed by atoms with Crippen LogP contribution in [0.1, 0.15) is 46.6 Å². The zero-order chi connectivity index (χ0) is 26.3. The van der Waals surface area contributed by atoms with Crippen LogP contribution in [0.3, 0.4) is 0 Å². The Labute approximate surface area is 210 Å². The van der Waals surface area contributed by atoms with Gasteiger partial charge in [-0.1, -0.05) is 63.2 Å². The zero-order valence-corrected chi connectivity index (χ0v) is 21.2. The van der Waals surface area contributed by atoms with E-state index in [0.717, 1.165) is 11.1 Å². The van der Waals surface area contributed by atoms with Crippen LogP contribution in [0.5, 0.6) is 0 Å². The summed E-state index contributed by atoms with van der Waals surface area (Å²) < 4.78 is 14.2. The highest BCUT2D eigenvalue weighted by Crippen LogP contribution is 2.34. The number of aliphatic hydroxyl groups is 1. The van der Waals surface area contributed by atoms with Gasteiger partial charge < -0.3 is 15.3 Å². The quantitative estimate of drug-likeness (QED) is 0.590. The molecule has 3 N–H and O–H groups in total. The second-order valence-electron chi connectivity index (χ2n) is 10.6. The molecule has 4 rings (SSSR count). The van der Waals surface area contributed by atoms with Gasteiger partial charge in [0.2, 0.25) is 17.5 Å². The molecule has 9 heteroatoms. The van der Waals surface area contributed by atoms with Crippen LogP contribution < -0.4 is 10.8 Å². The SMILES string of the molecule is CC(=O)N[C@H](C(=O)N1C[C@H](O)C[C@H]1C1=NC(C)(c2ccc(-c3ccccc3F)cc2)ON1)C(C)(C)C. The Kier molecular flexibility index (Phi) is 6.90. The number of carbonyl (C=O) groups is 2. The molecule has 36 heavy (non-hydrogen) atoms. The molecule has 0 aromatic heterocycles. The third-order valence-electron chi connectivity index (χ3n) is 6.63. The van der Waals surface area contributed by atoms with Crippen molar-refractivity contribution < 1.29 is 23.9 Å². The molecule has 192 valence electrons. The van der Waals surface area contributed by atoms with Gasteiger partial charge in [0.05, 0.1) is 12.1 Å². The van der Waals surface area contributed by atoms with E-state index in [1.807, 2.05) is 45.0 Å². The Balaban J connectivity index is 1.58. The lowest BCUT2D eigenvalue weighted by molar-refractivity contribution is -0.139. The number of halogens is 1. The number of rotatable bonds is 5. The zero-order valence-electron chi connectivity index (χ0n) is 21.2. The van der Waals surface area contributed by atoms with E-state index in [4.69, 9.17) is 9.83 Å². The minimum Gasteiger partial charge on any atom is -0.391 e. The molecule has 4 atom stereocenters. The van der Waals surface area contributed by atoms with E-state index < -0.39 is 29.3 Å². The van der Waals surface area contributed by atoms with Gasteiger partial charge in [-0.05, 0) is 24.0 Å². The predicted octanol–water partition coefficient (Wildman–Crippen LogP) is 3.11. The Bertz CT molecular complexity index is 1180. The Hall–Kier alpha value is -3.30. The van der Waals surface area contributed by atoms with E-state index in [9.17, 15) is 19.1 Å². The number of nitrogens with one attached hydrogen (secondary N) is 2. The van der Waals surface area contributed by atoms with Crippen molar-refractivity contribution in [3.63, 3.8) is 0 Å². The van der Waals surface area contributed by atoms with Gasteiger partial charge in [0.1, 0.15) is 17.7 Å². The van der Waals surface area contributed by atoms with Crippen molar-refractivity contribution in [1.29, 1.82) is 0 Å². The molecule has 0 saturated carbocycles. The molecular formula is C27H33FN4O4. The molecule has 0 aliphatic carbocycles. The maximum Gasteiger partial charge on any atom is 0.246 e. The fourth-order valence-electron chi connectivity index (χ4n) is 4.68. The first-order chi connectivity index (χ1) is 16.9. The number of aliphatic hydroxyl groups excluding tert-OH is 1. The average molecular weight is 497 g/mol. The van der Waals surface area contributed by atoms with Gasteiger partial charge in [0.15, 0.2) is 0 Å². The topological polar surface area (TPSA) is 103 Å². The molecular weight excluding hydrogens is 463 g/mol. The van der Waals surface area contributed by atoms with Gasteiger partial charge in [-0.25, -0.2) is 19.7 Å². The number of carbonyl (C=O) groups excluding carboxylic acids is 2. The minimum atomic E-state index is -1.08. The first kappa shape index (κ1) is 25.8. The van der Waals surface area contributed by atoms with Gasteiger partial charge in [0.25, 0.3) is 0 Å². The van der Waals surface area contributed by atoms with Crippen molar-refractivity contribution in [1.82, 2.24) is 15.7 Å². The Morgan fingerprint density at radius 3 is 2.50 bits per heavy atom. The van der Waals surface area contributed by atoms with E-state index in [2.05, 4.69) is 10.8 Å². The van der Waals surface area contributed by atoms with Gasteiger partial charge in [-0.15, -0.1) is 0 Å². The first-order valence-corrected chi connectivity index (χ1v) is 12.0.